The average molecular weight is 480 g/mol. The highest BCUT2D eigenvalue weighted by atomic mass is 35.5. The van der Waals surface area contributed by atoms with E-state index in [2.05, 4.69) is 20.3 Å². The number of anilines is 1. The second-order valence-electron chi connectivity index (χ2n) is 8.00. The first-order valence-electron chi connectivity index (χ1n) is 11.1. The van der Waals surface area contributed by atoms with Crippen molar-refractivity contribution < 1.29 is 10.2 Å². The van der Waals surface area contributed by atoms with Gasteiger partial charge >= 0.3 is 0 Å². The molecule has 4 aromatic rings. The third-order valence-corrected chi connectivity index (χ3v) is 5.81. The van der Waals surface area contributed by atoms with E-state index in [0.29, 0.717) is 39.7 Å². The van der Waals surface area contributed by atoms with E-state index in [1.807, 2.05) is 44.2 Å². The smallest absolute Gasteiger partial charge is 0.260 e. The van der Waals surface area contributed by atoms with Crippen molar-refractivity contribution in [2.45, 2.75) is 32.9 Å². The van der Waals surface area contributed by atoms with Crippen molar-refractivity contribution in [1.82, 2.24) is 19.5 Å². The number of halogens is 1. The Balaban J connectivity index is 1.84. The molecule has 0 saturated carbocycles. The van der Waals surface area contributed by atoms with E-state index in [0.717, 1.165) is 17.0 Å². The van der Waals surface area contributed by atoms with E-state index in [4.69, 9.17) is 11.6 Å². The van der Waals surface area contributed by atoms with Gasteiger partial charge in [0.15, 0.2) is 0 Å². The van der Waals surface area contributed by atoms with Gasteiger partial charge in [0.05, 0.1) is 18.4 Å². The Hall–Kier alpha value is -3.33. The van der Waals surface area contributed by atoms with E-state index in [1.54, 1.807) is 18.3 Å². The number of aliphatic hydroxyl groups excluding tert-OH is 2. The molecule has 1 atom stereocenters. The largest absolute Gasteiger partial charge is 0.394 e. The maximum absolute atomic E-state index is 13.6. The number of rotatable bonds is 8. The molecule has 0 amide bonds. The molecule has 1 aromatic carbocycles. The van der Waals surface area contributed by atoms with Gasteiger partial charge in [-0.25, -0.2) is 4.98 Å². The molecule has 0 bridgehead atoms. The van der Waals surface area contributed by atoms with Crippen LogP contribution < -0.4 is 10.9 Å². The maximum atomic E-state index is 13.6. The zero-order valence-corrected chi connectivity index (χ0v) is 19.8. The molecule has 0 spiro atoms. The molecule has 3 N–H and O–H groups in total. The summed E-state index contributed by atoms with van der Waals surface area (Å²) in [4.78, 5) is 26.9. The molecule has 176 valence electrons. The Kier molecular flexibility index (Phi) is 7.21. The van der Waals surface area contributed by atoms with Crippen molar-refractivity contribution in [3.63, 3.8) is 0 Å². The topological polar surface area (TPSA) is 113 Å². The van der Waals surface area contributed by atoms with Crippen LogP contribution in [0.5, 0.6) is 0 Å². The molecule has 0 aliphatic heterocycles. The van der Waals surface area contributed by atoms with Crippen LogP contribution >= 0.6 is 11.6 Å². The predicted octanol–water partition coefficient (Wildman–Crippen LogP) is 3.66. The van der Waals surface area contributed by atoms with Gasteiger partial charge in [-0.3, -0.25) is 14.3 Å². The van der Waals surface area contributed by atoms with Crippen molar-refractivity contribution in [1.29, 1.82) is 0 Å². The molecular weight excluding hydrogens is 454 g/mol. The first kappa shape index (κ1) is 23.8. The van der Waals surface area contributed by atoms with Crippen LogP contribution in [-0.4, -0.2) is 49.0 Å². The number of fused-ring (bicyclic) bond motifs is 1. The molecule has 9 heteroatoms. The molecule has 8 nitrogen and oxygen atoms in total. The number of hydrogen-bond donors (Lipinski definition) is 3. The van der Waals surface area contributed by atoms with E-state index in [9.17, 15) is 15.0 Å². The maximum Gasteiger partial charge on any atom is 0.260 e. The normalized spacial score (nSPS) is 12.1. The average Bonchev–Trinajstić information content (AvgIpc) is 2.83. The van der Waals surface area contributed by atoms with Gasteiger partial charge in [0.1, 0.15) is 5.65 Å². The molecule has 3 aromatic heterocycles. The molecule has 0 unspecified atom stereocenters. The molecule has 0 radical (unpaired) electrons. The van der Waals surface area contributed by atoms with Crippen LogP contribution in [0.4, 0.5) is 5.95 Å². The quantitative estimate of drug-likeness (QED) is 0.353. The number of aliphatic hydroxyl groups is 2. The first-order valence-corrected chi connectivity index (χ1v) is 11.5. The second kappa shape index (κ2) is 10.3. The fourth-order valence-electron chi connectivity index (χ4n) is 3.77. The zero-order chi connectivity index (χ0) is 24.2. The van der Waals surface area contributed by atoms with E-state index in [1.165, 1.54) is 4.57 Å². The first-order chi connectivity index (χ1) is 16.4. The van der Waals surface area contributed by atoms with Crippen molar-refractivity contribution >= 4 is 28.6 Å². The molecule has 0 aliphatic rings. The van der Waals surface area contributed by atoms with Crippen LogP contribution in [0.1, 0.15) is 19.0 Å². The summed E-state index contributed by atoms with van der Waals surface area (Å²) in [7, 11) is 0. The summed E-state index contributed by atoms with van der Waals surface area (Å²) < 4.78 is 1.50. The minimum absolute atomic E-state index is 0.177. The van der Waals surface area contributed by atoms with Gasteiger partial charge in [-0.2, -0.15) is 4.98 Å². The molecule has 0 saturated heterocycles. The third-order valence-electron chi connectivity index (χ3n) is 5.50. The zero-order valence-electron chi connectivity index (χ0n) is 19.0. The van der Waals surface area contributed by atoms with Crippen LogP contribution in [0.15, 0.2) is 53.5 Å². The Morgan fingerprint density at radius 1 is 1.15 bits per heavy atom. The standard InChI is InChI=1S/C25H26ClN5O3/c1-3-27-25-28-13-17-11-20(24(34)31(23(17)30-25)10-9-18(33)14-32)19-8-7-16(12-21(19)26)22-6-4-5-15(2)29-22/h4-8,11-13,18,32-33H,3,9-10,14H2,1-2H3,(H,27,28,30)/t18-/m0/s1. The molecule has 0 fully saturated rings. The van der Waals surface area contributed by atoms with Crippen molar-refractivity contribution in [3.8, 4) is 22.4 Å². The Morgan fingerprint density at radius 3 is 2.68 bits per heavy atom. The van der Waals surface area contributed by atoms with Gasteiger partial charge in [-0.15, -0.1) is 0 Å². The number of benzene rings is 1. The van der Waals surface area contributed by atoms with Crippen molar-refractivity contribution in [3.05, 3.63) is 69.7 Å². The lowest BCUT2D eigenvalue weighted by atomic mass is 10.0. The van der Waals surface area contributed by atoms with Gasteiger partial charge < -0.3 is 15.5 Å². The van der Waals surface area contributed by atoms with E-state index < -0.39 is 6.10 Å². The summed E-state index contributed by atoms with van der Waals surface area (Å²) in [6.45, 7) is 4.28. The fraction of sp³-hybridized carbons (Fsp3) is 0.280. The molecule has 3 heterocycles. The lowest BCUT2D eigenvalue weighted by Crippen LogP contribution is -2.26. The highest BCUT2D eigenvalue weighted by Gasteiger charge is 2.17. The summed E-state index contributed by atoms with van der Waals surface area (Å²) >= 11 is 6.66. The molecule has 4 rings (SSSR count). The predicted molar refractivity (Wildman–Crippen MR) is 134 cm³/mol. The molecule has 34 heavy (non-hydrogen) atoms. The Labute approximate surface area is 201 Å². The lowest BCUT2D eigenvalue weighted by Gasteiger charge is -2.15. The number of aryl methyl sites for hydroxylation is 2. The van der Waals surface area contributed by atoms with Crippen LogP contribution in [0, 0.1) is 6.92 Å². The Morgan fingerprint density at radius 2 is 1.97 bits per heavy atom. The molecule has 0 aliphatic carbocycles. The Bertz CT molecular complexity index is 1390. The van der Waals surface area contributed by atoms with Gasteiger partial charge in [-0.05, 0) is 44.5 Å². The van der Waals surface area contributed by atoms with Gasteiger partial charge in [0.25, 0.3) is 5.56 Å². The second-order valence-corrected chi connectivity index (χ2v) is 8.41. The van der Waals surface area contributed by atoms with E-state index in [-0.39, 0.29) is 25.1 Å². The third kappa shape index (κ3) is 4.94. The lowest BCUT2D eigenvalue weighted by molar-refractivity contribution is 0.0847. The van der Waals surface area contributed by atoms with Crippen LogP contribution in [0.25, 0.3) is 33.4 Å². The monoisotopic (exact) mass is 479 g/mol. The number of pyridine rings is 2. The minimum atomic E-state index is -0.939. The molecular formula is C25H26ClN5O3. The van der Waals surface area contributed by atoms with E-state index >= 15 is 0 Å². The van der Waals surface area contributed by atoms with Crippen molar-refractivity contribution in [2.75, 3.05) is 18.5 Å². The highest BCUT2D eigenvalue weighted by molar-refractivity contribution is 6.33. The SMILES string of the molecule is CCNc1ncc2cc(-c3ccc(-c4cccc(C)n4)cc3Cl)c(=O)n(CC[C@H](O)CO)c2n1. The summed E-state index contributed by atoms with van der Waals surface area (Å²) in [6.07, 6.45) is 0.910. The number of hydrogen-bond acceptors (Lipinski definition) is 7. The number of nitrogens with zero attached hydrogens (tertiary/aromatic N) is 4. The van der Waals surface area contributed by atoms with Gasteiger partial charge in [-0.1, -0.05) is 29.8 Å². The van der Waals surface area contributed by atoms with Crippen LogP contribution in [0.3, 0.4) is 0 Å². The van der Waals surface area contributed by atoms with Crippen LogP contribution in [-0.2, 0) is 6.54 Å². The summed E-state index contributed by atoms with van der Waals surface area (Å²) in [5.41, 5.74) is 3.69. The van der Waals surface area contributed by atoms with Crippen LogP contribution in [0.2, 0.25) is 5.02 Å². The van der Waals surface area contributed by atoms with Gasteiger partial charge in [0.2, 0.25) is 5.95 Å². The highest BCUT2D eigenvalue weighted by Crippen LogP contribution is 2.31. The summed E-state index contributed by atoms with van der Waals surface area (Å²) in [5.74, 6) is 0.409. The minimum Gasteiger partial charge on any atom is -0.394 e. The fourth-order valence-corrected chi connectivity index (χ4v) is 4.05. The van der Waals surface area contributed by atoms with Gasteiger partial charge in [0, 0.05) is 52.1 Å². The number of aromatic nitrogens is 4. The van der Waals surface area contributed by atoms with Crippen molar-refractivity contribution in [2.24, 2.45) is 0 Å². The number of nitrogens with one attached hydrogen (secondary N) is 1. The summed E-state index contributed by atoms with van der Waals surface area (Å²) in [6, 6.07) is 13.0. The summed E-state index contributed by atoms with van der Waals surface area (Å²) in [5, 5.41) is 23.2.